The topological polar surface area (TPSA) is 12.0 Å². The molecule has 0 fully saturated rings. The Hall–Kier alpha value is -1.54. The molecule has 0 heterocycles. The zero-order valence-electron chi connectivity index (χ0n) is 11.1. The predicted molar refractivity (Wildman–Crippen MR) is 79.2 cm³/mol. The van der Waals surface area contributed by atoms with Gasteiger partial charge in [-0.2, -0.15) is 0 Å². The highest BCUT2D eigenvalue weighted by Gasteiger charge is 2.11. The lowest BCUT2D eigenvalue weighted by Crippen LogP contribution is -2.10. The Bertz CT molecular complexity index is 551. The van der Waals surface area contributed by atoms with E-state index in [1.165, 1.54) is 23.3 Å². The molecule has 2 aromatic rings. The van der Waals surface area contributed by atoms with Gasteiger partial charge in [-0.15, -0.1) is 0 Å². The van der Waals surface area contributed by atoms with Gasteiger partial charge >= 0.3 is 0 Å². The lowest BCUT2D eigenvalue weighted by atomic mass is 10.0. The number of benzene rings is 2. The molecule has 0 aromatic heterocycles. The fourth-order valence-corrected chi connectivity index (χ4v) is 2.24. The van der Waals surface area contributed by atoms with Crippen LogP contribution in [0.3, 0.4) is 0 Å². The van der Waals surface area contributed by atoms with Crippen LogP contribution in [0.1, 0.15) is 30.5 Å². The maximum Gasteiger partial charge on any atom is 0.124 e. The van der Waals surface area contributed by atoms with Crippen LogP contribution in [0.25, 0.3) is 0 Å². The first-order valence-corrected chi connectivity index (χ1v) is 6.76. The van der Waals surface area contributed by atoms with E-state index in [-0.39, 0.29) is 11.9 Å². The molecule has 0 aliphatic carbocycles. The first kappa shape index (κ1) is 13.9. The molecule has 0 aliphatic heterocycles. The second kappa shape index (κ2) is 6.07. The van der Waals surface area contributed by atoms with E-state index >= 15 is 0 Å². The molecule has 1 atom stereocenters. The molecule has 1 nitrogen and oxygen atoms in total. The van der Waals surface area contributed by atoms with Crippen molar-refractivity contribution in [2.24, 2.45) is 0 Å². The van der Waals surface area contributed by atoms with E-state index in [0.717, 1.165) is 12.1 Å². The average molecular weight is 278 g/mol. The van der Waals surface area contributed by atoms with Crippen LogP contribution in [0.4, 0.5) is 10.1 Å². The standard InChI is InChI=1S/C16H17ClFN/c1-3-15(12-6-4-11(2)5-7-12)19-16-9-8-13(18)10-14(16)17/h4-10,15,19H,3H2,1-2H3. The van der Waals surface area contributed by atoms with Gasteiger partial charge in [0.25, 0.3) is 0 Å². The molecule has 100 valence electrons. The fourth-order valence-electron chi connectivity index (χ4n) is 2.01. The van der Waals surface area contributed by atoms with Crippen LogP contribution in [-0.4, -0.2) is 0 Å². The number of halogens is 2. The maximum atomic E-state index is 13.0. The van der Waals surface area contributed by atoms with Crippen molar-refractivity contribution in [3.05, 3.63) is 64.4 Å². The van der Waals surface area contributed by atoms with Gasteiger partial charge < -0.3 is 5.32 Å². The average Bonchev–Trinajstić information content (AvgIpc) is 2.39. The lowest BCUT2D eigenvalue weighted by molar-refractivity contribution is 0.628. The summed E-state index contributed by atoms with van der Waals surface area (Å²) in [7, 11) is 0. The van der Waals surface area contributed by atoms with Crippen molar-refractivity contribution in [3.63, 3.8) is 0 Å². The summed E-state index contributed by atoms with van der Waals surface area (Å²) in [4.78, 5) is 0. The summed E-state index contributed by atoms with van der Waals surface area (Å²) >= 11 is 6.04. The molecule has 3 heteroatoms. The van der Waals surface area contributed by atoms with Gasteiger partial charge in [-0.3, -0.25) is 0 Å². The smallest absolute Gasteiger partial charge is 0.124 e. The molecule has 0 spiro atoms. The van der Waals surface area contributed by atoms with Crippen molar-refractivity contribution < 1.29 is 4.39 Å². The lowest BCUT2D eigenvalue weighted by Gasteiger charge is -2.20. The van der Waals surface area contributed by atoms with E-state index in [1.807, 2.05) is 0 Å². The van der Waals surface area contributed by atoms with E-state index in [0.29, 0.717) is 5.02 Å². The summed E-state index contributed by atoms with van der Waals surface area (Å²) < 4.78 is 13.0. The number of rotatable bonds is 4. The van der Waals surface area contributed by atoms with Gasteiger partial charge in [0.2, 0.25) is 0 Å². The molecule has 1 N–H and O–H groups in total. The van der Waals surface area contributed by atoms with Gasteiger partial charge in [-0.1, -0.05) is 48.4 Å². The third-order valence-electron chi connectivity index (χ3n) is 3.15. The van der Waals surface area contributed by atoms with Gasteiger partial charge in [0.15, 0.2) is 0 Å². The Morgan fingerprint density at radius 2 is 1.84 bits per heavy atom. The van der Waals surface area contributed by atoms with Gasteiger partial charge in [0.1, 0.15) is 5.82 Å². The molecule has 0 radical (unpaired) electrons. The summed E-state index contributed by atoms with van der Waals surface area (Å²) in [5.74, 6) is -0.320. The summed E-state index contributed by atoms with van der Waals surface area (Å²) in [5, 5.41) is 3.77. The van der Waals surface area contributed by atoms with E-state index in [1.54, 1.807) is 6.07 Å². The van der Waals surface area contributed by atoms with Gasteiger partial charge in [0.05, 0.1) is 16.8 Å². The van der Waals surface area contributed by atoms with Gasteiger partial charge in [-0.25, -0.2) is 4.39 Å². The summed E-state index contributed by atoms with van der Waals surface area (Å²) in [5.41, 5.74) is 3.20. The third-order valence-corrected chi connectivity index (χ3v) is 3.46. The monoisotopic (exact) mass is 277 g/mol. The number of hydrogen-bond acceptors (Lipinski definition) is 1. The highest BCUT2D eigenvalue weighted by atomic mass is 35.5. The van der Waals surface area contributed by atoms with E-state index in [4.69, 9.17) is 11.6 Å². The van der Waals surface area contributed by atoms with Crippen LogP contribution in [0.5, 0.6) is 0 Å². The Kier molecular flexibility index (Phi) is 4.43. The van der Waals surface area contributed by atoms with Gasteiger partial charge in [-0.05, 0) is 37.1 Å². The van der Waals surface area contributed by atoms with Crippen molar-refractivity contribution >= 4 is 17.3 Å². The minimum absolute atomic E-state index is 0.170. The molecule has 0 saturated carbocycles. The summed E-state index contributed by atoms with van der Waals surface area (Å²) in [6, 6.07) is 13.0. The zero-order valence-corrected chi connectivity index (χ0v) is 11.8. The highest BCUT2D eigenvalue weighted by molar-refractivity contribution is 6.33. The minimum atomic E-state index is -0.320. The molecule has 19 heavy (non-hydrogen) atoms. The van der Waals surface area contributed by atoms with Crippen molar-refractivity contribution in [1.29, 1.82) is 0 Å². The number of aryl methyl sites for hydroxylation is 1. The SMILES string of the molecule is CCC(Nc1ccc(F)cc1Cl)c1ccc(C)cc1. The highest BCUT2D eigenvalue weighted by Crippen LogP contribution is 2.28. The van der Waals surface area contributed by atoms with Gasteiger partial charge in [0, 0.05) is 0 Å². The zero-order chi connectivity index (χ0) is 13.8. The van der Waals surface area contributed by atoms with E-state index in [9.17, 15) is 4.39 Å². The fraction of sp³-hybridized carbons (Fsp3) is 0.250. The first-order valence-electron chi connectivity index (χ1n) is 6.38. The largest absolute Gasteiger partial charge is 0.377 e. The quantitative estimate of drug-likeness (QED) is 0.794. The van der Waals surface area contributed by atoms with Crippen LogP contribution in [0.15, 0.2) is 42.5 Å². The van der Waals surface area contributed by atoms with Crippen molar-refractivity contribution in [2.75, 3.05) is 5.32 Å². The number of nitrogens with one attached hydrogen (secondary N) is 1. The molecular formula is C16H17ClFN. The maximum absolute atomic E-state index is 13.0. The Morgan fingerprint density at radius 3 is 2.42 bits per heavy atom. The number of hydrogen-bond donors (Lipinski definition) is 1. The van der Waals surface area contributed by atoms with Crippen LogP contribution in [0.2, 0.25) is 5.02 Å². The molecule has 0 amide bonds. The molecule has 2 aromatic carbocycles. The van der Waals surface area contributed by atoms with Crippen LogP contribution in [-0.2, 0) is 0 Å². The molecule has 0 bridgehead atoms. The van der Waals surface area contributed by atoms with E-state index < -0.39 is 0 Å². The molecule has 1 unspecified atom stereocenters. The van der Waals surface area contributed by atoms with E-state index in [2.05, 4.69) is 43.4 Å². The van der Waals surface area contributed by atoms with Crippen LogP contribution < -0.4 is 5.32 Å². The van der Waals surface area contributed by atoms with Crippen LogP contribution >= 0.6 is 11.6 Å². The number of anilines is 1. The van der Waals surface area contributed by atoms with Crippen molar-refractivity contribution in [2.45, 2.75) is 26.3 Å². The summed E-state index contributed by atoms with van der Waals surface area (Å²) in [6.45, 7) is 4.17. The predicted octanol–water partition coefficient (Wildman–Crippen LogP) is 5.35. The summed E-state index contributed by atoms with van der Waals surface area (Å²) in [6.07, 6.45) is 0.927. The Labute approximate surface area is 118 Å². The molecular weight excluding hydrogens is 261 g/mol. The van der Waals surface area contributed by atoms with Crippen molar-refractivity contribution in [3.8, 4) is 0 Å². The van der Waals surface area contributed by atoms with Crippen molar-refractivity contribution in [1.82, 2.24) is 0 Å². The normalized spacial score (nSPS) is 12.2. The first-order chi connectivity index (χ1) is 9.10. The van der Waals surface area contributed by atoms with Crippen LogP contribution in [0, 0.1) is 12.7 Å². The second-order valence-electron chi connectivity index (χ2n) is 4.64. The second-order valence-corrected chi connectivity index (χ2v) is 5.05. The Morgan fingerprint density at radius 1 is 1.16 bits per heavy atom. The molecule has 0 saturated heterocycles. The minimum Gasteiger partial charge on any atom is -0.377 e. The molecule has 2 rings (SSSR count). The third kappa shape index (κ3) is 3.48. The Balaban J connectivity index is 2.21. The molecule has 0 aliphatic rings.